The summed E-state index contributed by atoms with van der Waals surface area (Å²) in [4.78, 5) is 28.5. The van der Waals surface area contributed by atoms with Crippen LogP contribution in [0.15, 0.2) is 48.5 Å². The second-order valence-corrected chi connectivity index (χ2v) is 7.02. The first-order valence-corrected chi connectivity index (χ1v) is 9.78. The van der Waals surface area contributed by atoms with E-state index < -0.39 is 0 Å². The van der Waals surface area contributed by atoms with Crippen molar-refractivity contribution in [1.82, 2.24) is 10.2 Å². The molecule has 3 amide bonds. The topological polar surface area (TPSA) is 91.3 Å². The molecule has 3 rings (SSSR count). The van der Waals surface area contributed by atoms with Gasteiger partial charge in [0.15, 0.2) is 11.5 Å². The van der Waals surface area contributed by atoms with E-state index in [2.05, 4.69) is 5.32 Å². The van der Waals surface area contributed by atoms with Gasteiger partial charge in [0.25, 0.3) is 0 Å². The van der Waals surface area contributed by atoms with Gasteiger partial charge in [-0.05, 0) is 17.7 Å². The third-order valence-corrected chi connectivity index (χ3v) is 5.00. The van der Waals surface area contributed by atoms with Crippen molar-refractivity contribution in [2.24, 2.45) is 0 Å². The van der Waals surface area contributed by atoms with E-state index in [9.17, 15) is 14.7 Å². The Balaban J connectivity index is 1.66. The van der Waals surface area contributed by atoms with E-state index >= 15 is 0 Å². The van der Waals surface area contributed by atoms with Crippen molar-refractivity contribution >= 4 is 17.6 Å². The van der Waals surface area contributed by atoms with E-state index in [1.54, 1.807) is 42.2 Å². The summed E-state index contributed by atoms with van der Waals surface area (Å²) in [7, 11) is 3.09. The molecule has 0 bridgehead atoms. The third-order valence-electron chi connectivity index (χ3n) is 5.00. The number of amides is 3. The Morgan fingerprint density at radius 3 is 2.57 bits per heavy atom. The number of hydrogen-bond donors (Lipinski definition) is 2. The van der Waals surface area contributed by atoms with Crippen LogP contribution in [-0.2, 0) is 11.3 Å². The van der Waals surface area contributed by atoms with Gasteiger partial charge in [-0.2, -0.15) is 0 Å². The van der Waals surface area contributed by atoms with Gasteiger partial charge in [-0.25, -0.2) is 4.79 Å². The summed E-state index contributed by atoms with van der Waals surface area (Å²) in [5.41, 5.74) is 1.65. The monoisotopic (exact) mass is 413 g/mol. The first-order valence-electron chi connectivity index (χ1n) is 9.78. The number of aliphatic hydroxyl groups excluding tert-OH is 1. The molecule has 8 nitrogen and oxygen atoms in total. The van der Waals surface area contributed by atoms with E-state index in [1.807, 2.05) is 30.3 Å². The summed E-state index contributed by atoms with van der Waals surface area (Å²) < 4.78 is 10.6. The van der Waals surface area contributed by atoms with Gasteiger partial charge in [-0.1, -0.05) is 30.3 Å². The van der Waals surface area contributed by atoms with Gasteiger partial charge in [0, 0.05) is 37.8 Å². The number of methoxy groups -OCH3 is 2. The van der Waals surface area contributed by atoms with Gasteiger partial charge >= 0.3 is 6.03 Å². The number of nitrogens with zero attached hydrogens (tertiary/aromatic N) is 2. The van der Waals surface area contributed by atoms with E-state index in [-0.39, 0.29) is 37.6 Å². The van der Waals surface area contributed by atoms with Crippen molar-refractivity contribution in [3.63, 3.8) is 0 Å². The molecule has 1 aliphatic heterocycles. The normalized spacial score (nSPS) is 15.8. The van der Waals surface area contributed by atoms with Crippen LogP contribution in [0.2, 0.25) is 0 Å². The number of carbonyl (C=O) groups excluding carboxylic acids is 2. The van der Waals surface area contributed by atoms with E-state index in [1.165, 1.54) is 0 Å². The van der Waals surface area contributed by atoms with Gasteiger partial charge in [-0.3, -0.25) is 4.79 Å². The molecule has 2 aromatic rings. The number of nitrogens with one attached hydrogen (secondary N) is 1. The fraction of sp³-hybridized carbons (Fsp3) is 0.364. The van der Waals surface area contributed by atoms with Crippen molar-refractivity contribution in [2.75, 3.05) is 38.8 Å². The zero-order valence-corrected chi connectivity index (χ0v) is 17.2. The molecule has 0 aromatic heterocycles. The number of rotatable bonds is 8. The minimum Gasteiger partial charge on any atom is -0.493 e. The molecular weight excluding hydrogens is 386 g/mol. The average Bonchev–Trinajstić information content (AvgIpc) is 3.13. The molecular formula is C22H27N3O5. The predicted octanol–water partition coefficient (Wildman–Crippen LogP) is 2.01. The molecule has 1 heterocycles. The number of benzene rings is 2. The van der Waals surface area contributed by atoms with Crippen molar-refractivity contribution < 1.29 is 24.2 Å². The zero-order chi connectivity index (χ0) is 21.5. The highest BCUT2D eigenvalue weighted by atomic mass is 16.5. The van der Waals surface area contributed by atoms with Crippen LogP contribution in [0.1, 0.15) is 12.0 Å². The molecule has 0 radical (unpaired) electrons. The highest BCUT2D eigenvalue weighted by Gasteiger charge is 2.33. The smallest absolute Gasteiger partial charge is 0.318 e. The minimum absolute atomic E-state index is 0.0794. The second kappa shape index (κ2) is 9.98. The van der Waals surface area contributed by atoms with Gasteiger partial charge in [-0.15, -0.1) is 0 Å². The number of anilines is 1. The molecule has 1 aliphatic rings. The van der Waals surface area contributed by atoms with Crippen molar-refractivity contribution in [3.05, 3.63) is 54.1 Å². The molecule has 8 heteroatoms. The van der Waals surface area contributed by atoms with Crippen molar-refractivity contribution in [3.8, 4) is 11.5 Å². The molecule has 1 saturated heterocycles. The Kier molecular flexibility index (Phi) is 7.13. The summed E-state index contributed by atoms with van der Waals surface area (Å²) >= 11 is 0. The van der Waals surface area contributed by atoms with E-state index in [0.29, 0.717) is 30.3 Å². The number of carbonyl (C=O) groups is 2. The average molecular weight is 413 g/mol. The second-order valence-electron chi connectivity index (χ2n) is 7.02. The Morgan fingerprint density at radius 2 is 1.90 bits per heavy atom. The third kappa shape index (κ3) is 5.01. The molecule has 0 unspecified atom stereocenters. The van der Waals surface area contributed by atoms with Gasteiger partial charge in [0.05, 0.1) is 26.9 Å². The van der Waals surface area contributed by atoms with E-state index in [0.717, 1.165) is 5.56 Å². The molecule has 1 atom stereocenters. The number of aliphatic hydroxyl groups is 1. The van der Waals surface area contributed by atoms with Gasteiger partial charge in [0.1, 0.15) is 0 Å². The first kappa shape index (κ1) is 21.4. The van der Waals surface area contributed by atoms with Crippen LogP contribution in [0.25, 0.3) is 0 Å². The van der Waals surface area contributed by atoms with Crippen LogP contribution in [0, 0.1) is 0 Å². The lowest BCUT2D eigenvalue weighted by Gasteiger charge is -2.24. The maximum atomic E-state index is 12.8. The van der Waals surface area contributed by atoms with Crippen molar-refractivity contribution in [1.29, 1.82) is 0 Å². The highest BCUT2D eigenvalue weighted by molar-refractivity contribution is 5.97. The Morgan fingerprint density at radius 1 is 1.17 bits per heavy atom. The predicted molar refractivity (Wildman–Crippen MR) is 113 cm³/mol. The van der Waals surface area contributed by atoms with Crippen LogP contribution in [-0.4, -0.2) is 61.9 Å². The van der Waals surface area contributed by atoms with Crippen LogP contribution in [0.4, 0.5) is 10.5 Å². The van der Waals surface area contributed by atoms with Crippen LogP contribution in [0.3, 0.4) is 0 Å². The maximum absolute atomic E-state index is 12.8. The lowest BCUT2D eigenvalue weighted by atomic mass is 10.2. The lowest BCUT2D eigenvalue weighted by molar-refractivity contribution is -0.117. The maximum Gasteiger partial charge on any atom is 0.318 e. The Labute approximate surface area is 176 Å². The molecule has 2 aromatic carbocycles. The number of hydrogen-bond acceptors (Lipinski definition) is 5. The summed E-state index contributed by atoms with van der Waals surface area (Å²) in [5, 5.41) is 12.3. The summed E-state index contributed by atoms with van der Waals surface area (Å²) in [6, 6.07) is 14.2. The quantitative estimate of drug-likeness (QED) is 0.691. The Hall–Kier alpha value is -3.26. The summed E-state index contributed by atoms with van der Waals surface area (Å²) in [5.74, 6) is 1.04. The SMILES string of the molecule is COc1ccc(N2C[C@H](NC(=O)N(CCO)Cc3ccccc3)CC2=O)cc1OC. The summed E-state index contributed by atoms with van der Waals surface area (Å²) in [6.07, 6.45) is 0.207. The first-order chi connectivity index (χ1) is 14.5. The lowest BCUT2D eigenvalue weighted by Crippen LogP contribution is -2.46. The summed E-state index contributed by atoms with van der Waals surface area (Å²) in [6.45, 7) is 0.814. The van der Waals surface area contributed by atoms with Crippen LogP contribution in [0.5, 0.6) is 11.5 Å². The van der Waals surface area contributed by atoms with E-state index in [4.69, 9.17) is 9.47 Å². The number of urea groups is 1. The van der Waals surface area contributed by atoms with Gasteiger partial charge < -0.3 is 29.7 Å². The molecule has 160 valence electrons. The standard InChI is InChI=1S/C22H27N3O5/c1-29-19-9-8-18(13-20(19)30-2)25-15-17(12-21(25)27)23-22(28)24(10-11-26)14-16-6-4-3-5-7-16/h3-9,13,17,26H,10-12,14-15H2,1-2H3,(H,23,28)/t17-/m1/s1. The molecule has 0 aliphatic carbocycles. The van der Waals surface area contributed by atoms with Crippen LogP contribution >= 0.6 is 0 Å². The largest absolute Gasteiger partial charge is 0.493 e. The fourth-order valence-electron chi connectivity index (χ4n) is 3.49. The van der Waals surface area contributed by atoms with Crippen molar-refractivity contribution in [2.45, 2.75) is 19.0 Å². The zero-order valence-electron chi connectivity index (χ0n) is 17.2. The molecule has 0 saturated carbocycles. The van der Waals surface area contributed by atoms with Gasteiger partial charge in [0.2, 0.25) is 5.91 Å². The van der Waals surface area contributed by atoms with Crippen LogP contribution < -0.4 is 19.7 Å². The number of ether oxygens (including phenoxy) is 2. The molecule has 0 spiro atoms. The molecule has 2 N–H and O–H groups in total. The fourth-order valence-corrected chi connectivity index (χ4v) is 3.49. The molecule has 1 fully saturated rings. The minimum atomic E-state index is -0.324. The Bertz CT molecular complexity index is 874. The molecule has 30 heavy (non-hydrogen) atoms. The highest BCUT2D eigenvalue weighted by Crippen LogP contribution is 2.33.